The van der Waals surface area contributed by atoms with Crippen LogP contribution in [0.4, 0.5) is 0 Å². The highest BCUT2D eigenvalue weighted by Gasteiger charge is 2.19. The van der Waals surface area contributed by atoms with E-state index in [1.54, 1.807) is 7.05 Å². The van der Waals surface area contributed by atoms with Crippen LogP contribution in [0.1, 0.15) is 17.5 Å². The van der Waals surface area contributed by atoms with Gasteiger partial charge in [0, 0.05) is 30.1 Å². The van der Waals surface area contributed by atoms with Crippen molar-refractivity contribution in [2.24, 2.45) is 7.05 Å². The summed E-state index contributed by atoms with van der Waals surface area (Å²) >= 11 is 7.67. The van der Waals surface area contributed by atoms with Gasteiger partial charge in [-0.25, -0.2) is 4.79 Å². The first-order valence-corrected chi connectivity index (χ1v) is 9.16. The van der Waals surface area contributed by atoms with Crippen molar-refractivity contribution in [1.29, 1.82) is 0 Å². The summed E-state index contributed by atoms with van der Waals surface area (Å²) in [6, 6.07) is 5.80. The molecule has 0 unspecified atom stereocenters. The zero-order valence-electron chi connectivity index (χ0n) is 14.3. The Morgan fingerprint density at radius 1 is 1.24 bits per heavy atom. The molecule has 0 aliphatic carbocycles. The van der Waals surface area contributed by atoms with E-state index in [0.29, 0.717) is 21.7 Å². The summed E-state index contributed by atoms with van der Waals surface area (Å²) in [5.41, 5.74) is 2.11. The van der Waals surface area contributed by atoms with Gasteiger partial charge in [-0.3, -0.25) is 13.9 Å². The van der Waals surface area contributed by atoms with Crippen LogP contribution in [-0.2, 0) is 13.6 Å². The fourth-order valence-corrected chi connectivity index (χ4v) is 4.34. The van der Waals surface area contributed by atoms with Crippen LogP contribution in [0.2, 0.25) is 5.02 Å². The third kappa shape index (κ3) is 2.94. The van der Waals surface area contributed by atoms with Gasteiger partial charge in [0.15, 0.2) is 0 Å². The van der Waals surface area contributed by atoms with Crippen molar-refractivity contribution in [3.63, 3.8) is 0 Å². The van der Waals surface area contributed by atoms with Gasteiger partial charge in [0.05, 0.1) is 5.39 Å². The fraction of sp³-hybridized carbons (Fsp3) is 0.333. The molecule has 0 amide bonds. The molecule has 7 heteroatoms. The average Bonchev–Trinajstić information content (AvgIpc) is 2.93. The van der Waals surface area contributed by atoms with Gasteiger partial charge >= 0.3 is 5.69 Å². The second-order valence-electron chi connectivity index (χ2n) is 6.08. The molecule has 1 N–H and O–H groups in total. The molecule has 5 nitrogen and oxygen atoms in total. The van der Waals surface area contributed by atoms with Gasteiger partial charge in [0.25, 0.3) is 5.56 Å². The lowest BCUT2D eigenvalue weighted by Crippen LogP contribution is -2.39. The number of aliphatic hydroxyl groups excluding tert-OH is 1. The number of aliphatic hydroxyl groups is 1. The Morgan fingerprint density at radius 2 is 1.96 bits per heavy atom. The Morgan fingerprint density at radius 3 is 2.60 bits per heavy atom. The van der Waals surface area contributed by atoms with Crippen molar-refractivity contribution in [3.05, 3.63) is 55.2 Å². The summed E-state index contributed by atoms with van der Waals surface area (Å²) in [4.78, 5) is 26.9. The molecule has 0 aliphatic rings. The maximum Gasteiger partial charge on any atom is 0.331 e. The van der Waals surface area contributed by atoms with E-state index in [0.717, 1.165) is 21.6 Å². The highest BCUT2D eigenvalue weighted by Crippen LogP contribution is 2.37. The van der Waals surface area contributed by atoms with Gasteiger partial charge in [-0.15, -0.1) is 11.3 Å². The highest BCUT2D eigenvalue weighted by atomic mass is 35.5. The van der Waals surface area contributed by atoms with Crippen LogP contribution in [0.25, 0.3) is 20.7 Å². The summed E-state index contributed by atoms with van der Waals surface area (Å²) in [5.74, 6) is 0. The number of hydrogen-bond donors (Lipinski definition) is 1. The number of aromatic nitrogens is 2. The van der Waals surface area contributed by atoms with Gasteiger partial charge in [0.1, 0.15) is 4.83 Å². The summed E-state index contributed by atoms with van der Waals surface area (Å²) in [5, 5.41) is 10.2. The molecule has 3 rings (SSSR count). The van der Waals surface area contributed by atoms with Crippen LogP contribution in [0.15, 0.2) is 27.8 Å². The van der Waals surface area contributed by atoms with E-state index in [1.165, 1.54) is 20.5 Å². The molecule has 2 aromatic heterocycles. The topological polar surface area (TPSA) is 64.2 Å². The quantitative estimate of drug-likeness (QED) is 0.758. The second-order valence-corrected chi connectivity index (χ2v) is 7.48. The minimum Gasteiger partial charge on any atom is -0.396 e. The first-order valence-electron chi connectivity index (χ1n) is 7.97. The minimum absolute atomic E-state index is 0.0661. The van der Waals surface area contributed by atoms with Crippen molar-refractivity contribution < 1.29 is 5.11 Å². The summed E-state index contributed by atoms with van der Waals surface area (Å²) in [7, 11) is 1.67. The SMILES string of the molecule is Cc1ccc(-c2sc3c(c2C)c(=O)n(CCCO)c(=O)n3C)cc1Cl. The number of rotatable bonds is 4. The molecule has 0 atom stereocenters. The van der Waals surface area contributed by atoms with Gasteiger partial charge in [-0.1, -0.05) is 23.7 Å². The summed E-state index contributed by atoms with van der Waals surface area (Å²) < 4.78 is 2.70. The Kier molecular flexibility index (Phi) is 4.86. The third-order valence-electron chi connectivity index (χ3n) is 4.38. The predicted molar refractivity (Wildman–Crippen MR) is 103 cm³/mol. The number of fused-ring (bicyclic) bond motifs is 1. The molecule has 3 aromatic rings. The average molecular weight is 379 g/mol. The monoisotopic (exact) mass is 378 g/mol. The summed E-state index contributed by atoms with van der Waals surface area (Å²) in [6.45, 7) is 3.97. The Hall–Kier alpha value is -1.89. The normalized spacial score (nSPS) is 11.4. The van der Waals surface area contributed by atoms with Crippen LogP contribution in [-0.4, -0.2) is 20.8 Å². The second kappa shape index (κ2) is 6.78. The Bertz CT molecular complexity index is 1080. The fourth-order valence-electron chi connectivity index (χ4n) is 2.91. The lowest BCUT2D eigenvalue weighted by molar-refractivity contribution is 0.277. The van der Waals surface area contributed by atoms with Crippen LogP contribution >= 0.6 is 22.9 Å². The standard InChI is InChI=1S/C18H19ClN2O3S/c1-10-5-6-12(9-13(10)19)15-11(2)14-16(23)21(7-4-8-22)18(24)20(3)17(14)25-15/h5-6,9,22H,4,7-8H2,1-3H3. The maximum absolute atomic E-state index is 12.8. The van der Waals surface area contributed by atoms with Gasteiger partial charge in [-0.05, 0) is 43.0 Å². The van der Waals surface area contributed by atoms with Crippen LogP contribution in [0.3, 0.4) is 0 Å². The predicted octanol–water partition coefficient (Wildman–Crippen LogP) is 3.08. The van der Waals surface area contributed by atoms with Gasteiger partial charge in [0.2, 0.25) is 0 Å². The van der Waals surface area contributed by atoms with Gasteiger partial charge in [-0.2, -0.15) is 0 Å². The molecule has 0 saturated heterocycles. The van der Waals surface area contributed by atoms with Crippen molar-refractivity contribution in [2.75, 3.05) is 6.61 Å². The van der Waals surface area contributed by atoms with E-state index in [1.807, 2.05) is 32.0 Å². The van der Waals surface area contributed by atoms with Crippen LogP contribution in [0.5, 0.6) is 0 Å². The van der Waals surface area contributed by atoms with E-state index in [9.17, 15) is 9.59 Å². The van der Waals surface area contributed by atoms with Crippen LogP contribution < -0.4 is 11.2 Å². The molecule has 0 fully saturated rings. The first-order chi connectivity index (χ1) is 11.9. The first kappa shape index (κ1) is 17.9. The molecule has 0 aliphatic heterocycles. The molecule has 0 radical (unpaired) electrons. The van der Waals surface area contributed by atoms with Crippen molar-refractivity contribution in [3.8, 4) is 10.4 Å². The highest BCUT2D eigenvalue weighted by molar-refractivity contribution is 7.22. The minimum atomic E-state index is -0.360. The zero-order chi connectivity index (χ0) is 18.3. The molecule has 1 aromatic carbocycles. The number of halogens is 1. The van der Waals surface area contributed by atoms with Gasteiger partial charge < -0.3 is 5.11 Å². The van der Waals surface area contributed by atoms with Crippen LogP contribution in [0, 0.1) is 13.8 Å². The number of nitrogens with zero attached hydrogens (tertiary/aromatic N) is 2. The number of hydrogen-bond acceptors (Lipinski definition) is 4. The van der Waals surface area contributed by atoms with Crippen molar-refractivity contribution in [2.45, 2.75) is 26.8 Å². The van der Waals surface area contributed by atoms with E-state index < -0.39 is 0 Å². The van der Waals surface area contributed by atoms with E-state index in [-0.39, 0.29) is 24.4 Å². The lowest BCUT2D eigenvalue weighted by Gasteiger charge is -2.07. The molecular weight excluding hydrogens is 360 g/mol. The largest absolute Gasteiger partial charge is 0.396 e. The molecule has 0 saturated carbocycles. The molecule has 0 bridgehead atoms. The smallest absolute Gasteiger partial charge is 0.331 e. The number of aryl methyl sites for hydroxylation is 3. The zero-order valence-corrected chi connectivity index (χ0v) is 15.9. The van der Waals surface area contributed by atoms with Crippen molar-refractivity contribution >= 4 is 33.2 Å². The third-order valence-corrected chi connectivity index (χ3v) is 6.21. The lowest BCUT2D eigenvalue weighted by atomic mass is 10.1. The number of thiophene rings is 1. The molecule has 0 spiro atoms. The molecule has 132 valence electrons. The van der Waals surface area contributed by atoms with E-state index >= 15 is 0 Å². The Labute approximate surface area is 153 Å². The summed E-state index contributed by atoms with van der Waals surface area (Å²) in [6.07, 6.45) is 0.365. The number of benzene rings is 1. The molecule has 2 heterocycles. The van der Waals surface area contributed by atoms with Crippen molar-refractivity contribution in [1.82, 2.24) is 9.13 Å². The Balaban J connectivity index is 2.31. The molecular formula is C18H19ClN2O3S. The molecule has 25 heavy (non-hydrogen) atoms. The van der Waals surface area contributed by atoms with E-state index in [2.05, 4.69) is 0 Å². The van der Waals surface area contributed by atoms with E-state index in [4.69, 9.17) is 16.7 Å². The maximum atomic E-state index is 12.8.